The van der Waals surface area contributed by atoms with E-state index in [0.717, 1.165) is 23.0 Å². The van der Waals surface area contributed by atoms with Gasteiger partial charge >= 0.3 is 5.97 Å². The SMILES string of the molecule is C/C(=C\c1c(Oc2ccc(F)cc2F)n(C)c2ccccc12)C(=O)O. The fourth-order valence-corrected chi connectivity index (χ4v) is 2.60. The van der Waals surface area contributed by atoms with E-state index in [2.05, 4.69) is 0 Å². The molecule has 0 saturated carbocycles. The van der Waals surface area contributed by atoms with E-state index < -0.39 is 17.6 Å². The standard InChI is InChI=1S/C19H15F2NO3/c1-11(19(23)24)9-14-13-5-3-4-6-16(13)22(2)18(14)25-17-8-7-12(20)10-15(17)21/h3-10H,1-2H3,(H,23,24)/b11-9+. The number of aromatic nitrogens is 1. The lowest BCUT2D eigenvalue weighted by atomic mass is 10.1. The summed E-state index contributed by atoms with van der Waals surface area (Å²) in [4.78, 5) is 11.2. The zero-order chi connectivity index (χ0) is 18.1. The van der Waals surface area contributed by atoms with Crippen LogP contribution in [0.15, 0.2) is 48.0 Å². The van der Waals surface area contributed by atoms with Crippen molar-refractivity contribution in [3.8, 4) is 11.6 Å². The molecule has 2 aromatic carbocycles. The van der Waals surface area contributed by atoms with Crippen LogP contribution in [-0.4, -0.2) is 15.6 Å². The number of benzene rings is 2. The van der Waals surface area contributed by atoms with Crippen LogP contribution in [-0.2, 0) is 11.8 Å². The van der Waals surface area contributed by atoms with Crippen LogP contribution in [0.3, 0.4) is 0 Å². The first-order valence-electron chi connectivity index (χ1n) is 7.50. The predicted molar refractivity (Wildman–Crippen MR) is 90.6 cm³/mol. The van der Waals surface area contributed by atoms with Crippen molar-refractivity contribution < 1.29 is 23.4 Å². The molecular formula is C19H15F2NO3. The number of para-hydroxylation sites is 1. The predicted octanol–water partition coefficient (Wildman–Crippen LogP) is 4.74. The number of nitrogens with zero attached hydrogens (tertiary/aromatic N) is 1. The lowest BCUT2D eigenvalue weighted by Crippen LogP contribution is -1.98. The number of hydrogen-bond donors (Lipinski definition) is 1. The number of carboxylic acids is 1. The highest BCUT2D eigenvalue weighted by Gasteiger charge is 2.18. The molecule has 1 N–H and O–H groups in total. The van der Waals surface area contributed by atoms with E-state index in [9.17, 15) is 13.6 Å². The molecule has 1 aromatic heterocycles. The van der Waals surface area contributed by atoms with Gasteiger partial charge in [0.2, 0.25) is 5.88 Å². The van der Waals surface area contributed by atoms with Crippen LogP contribution in [0.25, 0.3) is 17.0 Å². The van der Waals surface area contributed by atoms with Gasteiger partial charge in [-0.3, -0.25) is 0 Å². The molecule has 0 aliphatic rings. The number of rotatable bonds is 4. The van der Waals surface area contributed by atoms with Gasteiger partial charge in [-0.05, 0) is 31.2 Å². The molecule has 25 heavy (non-hydrogen) atoms. The smallest absolute Gasteiger partial charge is 0.331 e. The Morgan fingerprint density at radius 1 is 1.20 bits per heavy atom. The van der Waals surface area contributed by atoms with E-state index >= 15 is 0 Å². The van der Waals surface area contributed by atoms with Gasteiger partial charge in [-0.1, -0.05) is 18.2 Å². The van der Waals surface area contributed by atoms with Crippen molar-refractivity contribution in [1.29, 1.82) is 0 Å². The average molecular weight is 343 g/mol. The molecule has 0 amide bonds. The molecule has 1 heterocycles. The molecule has 4 nitrogen and oxygen atoms in total. The molecular weight excluding hydrogens is 328 g/mol. The van der Waals surface area contributed by atoms with Crippen molar-refractivity contribution in [3.05, 3.63) is 65.2 Å². The third kappa shape index (κ3) is 3.10. The molecule has 0 fully saturated rings. The van der Waals surface area contributed by atoms with Crippen molar-refractivity contribution in [2.75, 3.05) is 0 Å². The van der Waals surface area contributed by atoms with Crippen LogP contribution in [0.2, 0.25) is 0 Å². The van der Waals surface area contributed by atoms with E-state index in [1.54, 1.807) is 11.6 Å². The molecule has 6 heteroatoms. The highest BCUT2D eigenvalue weighted by Crippen LogP contribution is 2.36. The number of aryl methyl sites for hydroxylation is 1. The minimum atomic E-state index is -1.06. The highest BCUT2D eigenvalue weighted by atomic mass is 19.1. The third-order valence-corrected chi connectivity index (χ3v) is 3.89. The Balaban J connectivity index is 2.21. The third-order valence-electron chi connectivity index (χ3n) is 3.89. The normalized spacial score (nSPS) is 11.8. The molecule has 3 rings (SSSR count). The summed E-state index contributed by atoms with van der Waals surface area (Å²) in [5.41, 5.74) is 1.42. The van der Waals surface area contributed by atoms with Crippen LogP contribution in [0.4, 0.5) is 8.78 Å². The number of fused-ring (bicyclic) bond motifs is 1. The maximum atomic E-state index is 14.0. The van der Waals surface area contributed by atoms with Crippen molar-refractivity contribution in [2.24, 2.45) is 7.05 Å². The largest absolute Gasteiger partial charge is 0.478 e. The van der Waals surface area contributed by atoms with Crippen LogP contribution in [0.1, 0.15) is 12.5 Å². The summed E-state index contributed by atoms with van der Waals surface area (Å²) < 4.78 is 34.4. The maximum absolute atomic E-state index is 14.0. The molecule has 0 atom stereocenters. The highest BCUT2D eigenvalue weighted by molar-refractivity contribution is 5.98. The summed E-state index contributed by atoms with van der Waals surface area (Å²) in [6.45, 7) is 1.46. The van der Waals surface area contributed by atoms with E-state index in [-0.39, 0.29) is 17.2 Å². The molecule has 0 spiro atoms. The van der Waals surface area contributed by atoms with Gasteiger partial charge in [-0.25, -0.2) is 13.6 Å². The quantitative estimate of drug-likeness (QED) is 0.696. The number of aliphatic carboxylic acids is 1. The summed E-state index contributed by atoms with van der Waals surface area (Å²) >= 11 is 0. The van der Waals surface area contributed by atoms with Crippen LogP contribution in [0, 0.1) is 11.6 Å². The Morgan fingerprint density at radius 3 is 2.60 bits per heavy atom. The molecule has 0 aliphatic carbocycles. The summed E-state index contributed by atoms with van der Waals surface area (Å²) in [7, 11) is 1.73. The minimum Gasteiger partial charge on any atom is -0.478 e. The Labute approximate surface area is 142 Å². The Hall–Kier alpha value is -3.15. The summed E-state index contributed by atoms with van der Waals surface area (Å²) in [5.74, 6) is -2.48. The first-order chi connectivity index (χ1) is 11.9. The molecule has 3 aromatic rings. The molecule has 0 unspecified atom stereocenters. The van der Waals surface area contributed by atoms with Crippen LogP contribution >= 0.6 is 0 Å². The fraction of sp³-hybridized carbons (Fsp3) is 0.105. The van der Waals surface area contributed by atoms with Gasteiger partial charge in [0.05, 0.1) is 5.52 Å². The van der Waals surface area contributed by atoms with Gasteiger partial charge in [0, 0.05) is 29.6 Å². The molecule has 0 radical (unpaired) electrons. The van der Waals surface area contributed by atoms with Crippen molar-refractivity contribution >= 4 is 22.9 Å². The van der Waals surface area contributed by atoms with Crippen molar-refractivity contribution in [1.82, 2.24) is 4.57 Å². The Kier molecular flexibility index (Phi) is 4.27. The Morgan fingerprint density at radius 2 is 1.92 bits per heavy atom. The molecule has 0 saturated heterocycles. The van der Waals surface area contributed by atoms with Gasteiger partial charge in [0.15, 0.2) is 11.6 Å². The van der Waals surface area contributed by atoms with Gasteiger partial charge in [0.25, 0.3) is 0 Å². The topological polar surface area (TPSA) is 51.5 Å². The second-order valence-electron chi connectivity index (χ2n) is 5.60. The molecule has 0 bridgehead atoms. The van der Waals surface area contributed by atoms with Gasteiger partial charge in [-0.2, -0.15) is 0 Å². The first-order valence-corrected chi connectivity index (χ1v) is 7.50. The van der Waals surface area contributed by atoms with Crippen LogP contribution < -0.4 is 4.74 Å². The lowest BCUT2D eigenvalue weighted by molar-refractivity contribution is -0.132. The van der Waals surface area contributed by atoms with Gasteiger partial charge in [0.1, 0.15) is 5.82 Å². The number of carboxylic acid groups (broad SMARTS) is 1. The first kappa shape index (κ1) is 16.7. The zero-order valence-corrected chi connectivity index (χ0v) is 13.6. The number of ether oxygens (including phenoxy) is 1. The summed E-state index contributed by atoms with van der Waals surface area (Å²) in [6.07, 6.45) is 1.47. The average Bonchev–Trinajstić information content (AvgIpc) is 2.83. The van der Waals surface area contributed by atoms with E-state index in [0.29, 0.717) is 5.56 Å². The monoisotopic (exact) mass is 343 g/mol. The Bertz CT molecular complexity index is 1010. The van der Waals surface area contributed by atoms with E-state index in [1.165, 1.54) is 19.1 Å². The summed E-state index contributed by atoms with van der Waals surface area (Å²) in [6, 6.07) is 10.3. The second kappa shape index (κ2) is 6.39. The van der Waals surface area contributed by atoms with E-state index in [4.69, 9.17) is 9.84 Å². The lowest BCUT2D eigenvalue weighted by Gasteiger charge is -2.10. The van der Waals surface area contributed by atoms with E-state index in [1.807, 2.05) is 24.3 Å². The van der Waals surface area contributed by atoms with Gasteiger partial charge in [-0.15, -0.1) is 0 Å². The molecule has 128 valence electrons. The maximum Gasteiger partial charge on any atom is 0.331 e. The molecule has 0 aliphatic heterocycles. The number of carbonyl (C=O) groups is 1. The second-order valence-corrected chi connectivity index (χ2v) is 5.60. The number of halogens is 2. The fourth-order valence-electron chi connectivity index (χ4n) is 2.60. The van der Waals surface area contributed by atoms with Crippen LogP contribution in [0.5, 0.6) is 11.6 Å². The minimum absolute atomic E-state index is 0.112. The zero-order valence-electron chi connectivity index (χ0n) is 13.6. The summed E-state index contributed by atoms with van der Waals surface area (Å²) in [5, 5.41) is 9.93. The van der Waals surface area contributed by atoms with Crippen molar-refractivity contribution in [3.63, 3.8) is 0 Å². The number of hydrogen-bond acceptors (Lipinski definition) is 2. The van der Waals surface area contributed by atoms with Gasteiger partial charge < -0.3 is 14.4 Å². The van der Waals surface area contributed by atoms with Crippen molar-refractivity contribution in [2.45, 2.75) is 6.92 Å².